The molecule has 0 spiro atoms. The van der Waals surface area contributed by atoms with Crippen LogP contribution in [0.15, 0.2) is 42.7 Å². The third kappa shape index (κ3) is 4.05. The number of methoxy groups -OCH3 is 1. The fourth-order valence-corrected chi connectivity index (χ4v) is 3.77. The number of imidazole rings is 1. The topological polar surface area (TPSA) is 87.3 Å². The maximum absolute atomic E-state index is 12.8. The van der Waals surface area contributed by atoms with Crippen molar-refractivity contribution >= 4 is 34.4 Å². The van der Waals surface area contributed by atoms with Crippen LogP contribution in [-0.4, -0.2) is 52.9 Å². The number of nitrogens with zero attached hydrogens (tertiary/aromatic N) is 2. The molecule has 0 aliphatic carbocycles. The van der Waals surface area contributed by atoms with E-state index >= 15 is 0 Å². The molecule has 1 aromatic heterocycles. The summed E-state index contributed by atoms with van der Waals surface area (Å²) in [7, 11) is 1.52. The van der Waals surface area contributed by atoms with Crippen LogP contribution in [0.4, 0.5) is 0 Å². The van der Waals surface area contributed by atoms with E-state index < -0.39 is 0 Å². The summed E-state index contributed by atoms with van der Waals surface area (Å²) in [6, 6.07) is 10.4. The van der Waals surface area contributed by atoms with Gasteiger partial charge < -0.3 is 19.9 Å². The number of benzene rings is 2. The van der Waals surface area contributed by atoms with Gasteiger partial charge in [0.05, 0.1) is 30.0 Å². The highest BCUT2D eigenvalue weighted by Crippen LogP contribution is 2.23. The standard InChI is InChI=1S/C21H21ClN4O3/c1-29-19-5-3-14(22)11-16(19)20(27)25-15-6-8-26(9-7-15)21(28)13-2-4-17-18(10-13)24-12-23-17/h2-5,10-12,15H,6-9H2,1H3,(H,23,24)(H,25,27). The van der Waals surface area contributed by atoms with Gasteiger partial charge in [0.1, 0.15) is 5.75 Å². The number of hydrogen-bond acceptors (Lipinski definition) is 4. The van der Waals surface area contributed by atoms with Gasteiger partial charge in [-0.1, -0.05) is 11.6 Å². The molecule has 0 saturated carbocycles. The van der Waals surface area contributed by atoms with Gasteiger partial charge >= 0.3 is 0 Å². The van der Waals surface area contributed by atoms with Gasteiger partial charge in [-0.05, 0) is 49.2 Å². The summed E-state index contributed by atoms with van der Waals surface area (Å²) in [6.07, 6.45) is 2.99. The molecule has 150 valence electrons. The second kappa shape index (κ2) is 8.13. The lowest BCUT2D eigenvalue weighted by molar-refractivity contribution is 0.0698. The van der Waals surface area contributed by atoms with Crippen LogP contribution in [0.25, 0.3) is 11.0 Å². The summed E-state index contributed by atoms with van der Waals surface area (Å²) in [5.74, 6) is 0.246. The molecule has 4 rings (SSSR count). The SMILES string of the molecule is COc1ccc(Cl)cc1C(=O)NC1CCN(C(=O)c2ccc3nc[nH]c3c2)CC1. The predicted octanol–water partition coefficient (Wildman–Crippen LogP) is 3.26. The first-order valence-electron chi connectivity index (χ1n) is 9.42. The predicted molar refractivity (Wildman–Crippen MR) is 110 cm³/mol. The van der Waals surface area contributed by atoms with Gasteiger partial charge in [0, 0.05) is 29.7 Å². The van der Waals surface area contributed by atoms with Gasteiger partial charge in [-0.2, -0.15) is 0 Å². The summed E-state index contributed by atoms with van der Waals surface area (Å²) >= 11 is 6.02. The fourth-order valence-electron chi connectivity index (χ4n) is 3.60. The Labute approximate surface area is 173 Å². The molecule has 3 aromatic rings. The average Bonchev–Trinajstić information content (AvgIpc) is 3.21. The molecule has 0 atom stereocenters. The number of fused-ring (bicyclic) bond motifs is 1. The van der Waals surface area contributed by atoms with Crippen LogP contribution in [0, 0.1) is 0 Å². The van der Waals surface area contributed by atoms with Crippen molar-refractivity contribution in [2.24, 2.45) is 0 Å². The number of nitrogens with one attached hydrogen (secondary N) is 2. The fraction of sp³-hybridized carbons (Fsp3) is 0.286. The van der Waals surface area contributed by atoms with E-state index in [-0.39, 0.29) is 17.9 Å². The largest absolute Gasteiger partial charge is 0.496 e. The second-order valence-electron chi connectivity index (χ2n) is 7.02. The van der Waals surface area contributed by atoms with E-state index in [1.54, 1.807) is 30.6 Å². The van der Waals surface area contributed by atoms with E-state index in [0.29, 0.717) is 47.8 Å². The Morgan fingerprint density at radius 2 is 2.00 bits per heavy atom. The molecule has 2 amide bonds. The molecule has 1 saturated heterocycles. The van der Waals surface area contributed by atoms with Crippen LogP contribution >= 0.6 is 11.6 Å². The van der Waals surface area contributed by atoms with E-state index in [2.05, 4.69) is 15.3 Å². The van der Waals surface area contributed by atoms with Gasteiger partial charge in [0.2, 0.25) is 0 Å². The highest BCUT2D eigenvalue weighted by atomic mass is 35.5. The molecule has 2 aromatic carbocycles. The van der Waals surface area contributed by atoms with Gasteiger partial charge in [-0.3, -0.25) is 9.59 Å². The number of aromatic nitrogens is 2. The first-order valence-corrected chi connectivity index (χ1v) is 9.80. The number of carbonyl (C=O) groups excluding carboxylic acids is 2. The van der Waals surface area contributed by atoms with Crippen LogP contribution in [0.3, 0.4) is 0 Å². The monoisotopic (exact) mass is 412 g/mol. The molecule has 0 radical (unpaired) electrons. The number of ether oxygens (including phenoxy) is 1. The molecule has 7 nitrogen and oxygen atoms in total. The first kappa shape index (κ1) is 19.3. The summed E-state index contributed by atoms with van der Waals surface area (Å²) in [4.78, 5) is 34.5. The number of halogens is 1. The highest BCUT2D eigenvalue weighted by Gasteiger charge is 2.26. The average molecular weight is 413 g/mol. The lowest BCUT2D eigenvalue weighted by Crippen LogP contribution is -2.46. The summed E-state index contributed by atoms with van der Waals surface area (Å²) < 4.78 is 5.25. The number of likely N-dealkylation sites (tertiary alicyclic amines) is 1. The van der Waals surface area contributed by atoms with Crippen LogP contribution in [-0.2, 0) is 0 Å². The molecule has 29 heavy (non-hydrogen) atoms. The second-order valence-corrected chi connectivity index (χ2v) is 7.46. The number of amides is 2. The first-order chi connectivity index (χ1) is 14.0. The van der Waals surface area contributed by atoms with Crippen LogP contribution in [0.2, 0.25) is 5.02 Å². The quantitative estimate of drug-likeness (QED) is 0.688. The summed E-state index contributed by atoms with van der Waals surface area (Å²) in [5.41, 5.74) is 2.71. The van der Waals surface area contributed by atoms with Gasteiger partial charge in [-0.25, -0.2) is 4.98 Å². The molecule has 1 aliphatic heterocycles. The zero-order valence-electron chi connectivity index (χ0n) is 15.9. The number of carbonyl (C=O) groups is 2. The van der Waals surface area contributed by atoms with E-state index in [1.807, 2.05) is 17.0 Å². The number of H-pyrrole nitrogens is 1. The van der Waals surface area contributed by atoms with Crippen molar-refractivity contribution in [1.82, 2.24) is 20.2 Å². The lowest BCUT2D eigenvalue weighted by atomic mass is 10.0. The third-order valence-corrected chi connectivity index (χ3v) is 5.43. The molecular weight excluding hydrogens is 392 g/mol. The molecule has 2 heterocycles. The smallest absolute Gasteiger partial charge is 0.255 e. The van der Waals surface area contributed by atoms with Crippen LogP contribution in [0.1, 0.15) is 33.6 Å². The Balaban J connectivity index is 1.37. The van der Waals surface area contributed by atoms with E-state index in [0.717, 1.165) is 11.0 Å². The minimum atomic E-state index is -0.223. The van der Waals surface area contributed by atoms with Crippen molar-refractivity contribution < 1.29 is 14.3 Å². The van der Waals surface area contributed by atoms with Crippen molar-refractivity contribution in [1.29, 1.82) is 0 Å². The minimum absolute atomic E-state index is 0.00896. The Hall–Kier alpha value is -3.06. The van der Waals surface area contributed by atoms with E-state index in [4.69, 9.17) is 16.3 Å². The highest BCUT2D eigenvalue weighted by molar-refractivity contribution is 6.31. The molecule has 8 heteroatoms. The number of rotatable bonds is 4. The minimum Gasteiger partial charge on any atom is -0.496 e. The van der Waals surface area contributed by atoms with Crippen molar-refractivity contribution in [2.75, 3.05) is 20.2 Å². The van der Waals surface area contributed by atoms with E-state index in [9.17, 15) is 9.59 Å². The van der Waals surface area contributed by atoms with Crippen molar-refractivity contribution in [3.63, 3.8) is 0 Å². The number of hydrogen-bond donors (Lipinski definition) is 2. The molecule has 0 unspecified atom stereocenters. The van der Waals surface area contributed by atoms with Gasteiger partial charge in [0.25, 0.3) is 11.8 Å². The van der Waals surface area contributed by atoms with Crippen LogP contribution < -0.4 is 10.1 Å². The van der Waals surface area contributed by atoms with Crippen molar-refractivity contribution in [2.45, 2.75) is 18.9 Å². The molecular formula is C21H21ClN4O3. The summed E-state index contributed by atoms with van der Waals surface area (Å²) in [6.45, 7) is 1.16. The number of piperidine rings is 1. The molecule has 0 bridgehead atoms. The van der Waals surface area contributed by atoms with Crippen molar-refractivity contribution in [3.05, 3.63) is 58.9 Å². The van der Waals surface area contributed by atoms with Gasteiger partial charge in [-0.15, -0.1) is 0 Å². The van der Waals surface area contributed by atoms with E-state index in [1.165, 1.54) is 7.11 Å². The Bertz CT molecular complexity index is 1060. The third-order valence-electron chi connectivity index (χ3n) is 5.19. The normalized spacial score (nSPS) is 14.8. The van der Waals surface area contributed by atoms with Gasteiger partial charge in [0.15, 0.2) is 0 Å². The molecule has 2 N–H and O–H groups in total. The Morgan fingerprint density at radius 3 is 2.76 bits per heavy atom. The Morgan fingerprint density at radius 1 is 1.21 bits per heavy atom. The number of aromatic amines is 1. The van der Waals surface area contributed by atoms with Crippen molar-refractivity contribution in [3.8, 4) is 5.75 Å². The molecule has 1 fully saturated rings. The maximum atomic E-state index is 12.8. The summed E-state index contributed by atoms with van der Waals surface area (Å²) in [5, 5.41) is 3.51. The zero-order chi connectivity index (χ0) is 20.4. The van der Waals surface area contributed by atoms with Crippen LogP contribution in [0.5, 0.6) is 5.75 Å². The maximum Gasteiger partial charge on any atom is 0.255 e. The Kier molecular flexibility index (Phi) is 5.40. The lowest BCUT2D eigenvalue weighted by Gasteiger charge is -2.32. The molecule has 1 aliphatic rings. The zero-order valence-corrected chi connectivity index (χ0v) is 16.7.